The van der Waals surface area contributed by atoms with E-state index in [0.29, 0.717) is 10.7 Å². The highest BCUT2D eigenvalue weighted by molar-refractivity contribution is 7.71. The summed E-state index contributed by atoms with van der Waals surface area (Å²) in [4.78, 5) is 2.23. The second-order valence-corrected chi connectivity index (χ2v) is 7.99. The van der Waals surface area contributed by atoms with E-state index in [1.54, 1.807) is 7.11 Å². The summed E-state index contributed by atoms with van der Waals surface area (Å²) >= 11 is 5.58. The van der Waals surface area contributed by atoms with Crippen molar-refractivity contribution in [2.45, 2.75) is 39.5 Å². The molecule has 29 heavy (non-hydrogen) atoms. The third-order valence-electron chi connectivity index (χ3n) is 5.16. The molecule has 0 saturated carbocycles. The van der Waals surface area contributed by atoms with Crippen molar-refractivity contribution in [1.82, 2.24) is 14.8 Å². The Morgan fingerprint density at radius 2 is 2.00 bits per heavy atom. The van der Waals surface area contributed by atoms with Crippen molar-refractivity contribution >= 4 is 17.9 Å². The Morgan fingerprint density at radius 3 is 2.69 bits per heavy atom. The van der Waals surface area contributed by atoms with Gasteiger partial charge in [-0.2, -0.15) is 5.10 Å². The van der Waals surface area contributed by atoms with Crippen molar-refractivity contribution in [3.05, 3.63) is 52.8 Å². The maximum atomic E-state index is 5.61. The summed E-state index contributed by atoms with van der Waals surface area (Å²) in [6.07, 6.45) is 2.28. The van der Waals surface area contributed by atoms with Crippen molar-refractivity contribution < 1.29 is 4.74 Å². The minimum Gasteiger partial charge on any atom is -0.495 e. The average Bonchev–Trinajstić information content (AvgIpc) is 3.13. The molecule has 0 aliphatic heterocycles. The third-order valence-corrected chi connectivity index (χ3v) is 5.44. The summed E-state index contributed by atoms with van der Waals surface area (Å²) < 4.78 is 8.17. The monoisotopic (exact) mass is 410 g/mol. The molecule has 0 radical (unpaired) electrons. The Kier molecular flexibility index (Phi) is 6.75. The van der Waals surface area contributed by atoms with E-state index in [4.69, 9.17) is 17.0 Å². The summed E-state index contributed by atoms with van der Waals surface area (Å²) in [6, 6.07) is 14.6. The topological polar surface area (TPSA) is 46.1 Å². The molecule has 0 spiro atoms. The van der Waals surface area contributed by atoms with E-state index in [1.807, 2.05) is 16.7 Å². The largest absolute Gasteiger partial charge is 0.495 e. The van der Waals surface area contributed by atoms with Gasteiger partial charge in [0.05, 0.1) is 18.5 Å². The maximum Gasteiger partial charge on any atom is 0.200 e. The fourth-order valence-electron chi connectivity index (χ4n) is 3.40. The highest BCUT2D eigenvalue weighted by Gasteiger charge is 2.15. The summed E-state index contributed by atoms with van der Waals surface area (Å²) in [5.41, 5.74) is 4.33. The maximum absolute atomic E-state index is 5.61. The molecule has 3 rings (SSSR count). The molecule has 0 saturated heterocycles. The van der Waals surface area contributed by atoms with Crippen molar-refractivity contribution in [2.24, 2.45) is 0 Å². The molecule has 1 aromatic heterocycles. The molecular weight excluding hydrogens is 380 g/mol. The highest BCUT2D eigenvalue weighted by Crippen LogP contribution is 2.32. The molecule has 0 amide bonds. The van der Waals surface area contributed by atoms with Crippen LogP contribution in [0.25, 0.3) is 17.1 Å². The SMILES string of the molecule is CCCCN(C)c1cc(-n2c(-c3cccc(C(C)C)c3)n[nH]c2=S)ccc1OC. The number of hydrogen-bond acceptors (Lipinski definition) is 4. The van der Waals surface area contributed by atoms with Gasteiger partial charge < -0.3 is 9.64 Å². The number of nitrogens with one attached hydrogen (secondary N) is 1. The number of aromatic amines is 1. The first-order valence-electron chi connectivity index (χ1n) is 10.1. The van der Waals surface area contributed by atoms with Crippen molar-refractivity contribution in [3.8, 4) is 22.8 Å². The van der Waals surface area contributed by atoms with Gasteiger partial charge in [-0.15, -0.1) is 0 Å². The molecule has 0 fully saturated rings. The predicted molar refractivity (Wildman–Crippen MR) is 123 cm³/mol. The summed E-state index contributed by atoms with van der Waals surface area (Å²) in [7, 11) is 3.80. The zero-order valence-corrected chi connectivity index (χ0v) is 18.7. The Bertz CT molecular complexity index is 1020. The quantitative estimate of drug-likeness (QED) is 0.465. The molecule has 6 heteroatoms. The molecule has 154 valence electrons. The number of benzene rings is 2. The van der Waals surface area contributed by atoms with Crippen LogP contribution >= 0.6 is 12.2 Å². The summed E-state index contributed by atoms with van der Waals surface area (Å²) in [5.74, 6) is 2.11. The Labute approximate surface area is 178 Å². The number of ether oxygens (including phenoxy) is 1. The third kappa shape index (κ3) is 4.53. The Hall–Kier alpha value is -2.60. The molecule has 0 bridgehead atoms. The lowest BCUT2D eigenvalue weighted by Crippen LogP contribution is -2.19. The zero-order valence-electron chi connectivity index (χ0n) is 17.9. The van der Waals surface area contributed by atoms with Crippen LogP contribution in [0.5, 0.6) is 5.75 Å². The van der Waals surface area contributed by atoms with Gasteiger partial charge in [0.1, 0.15) is 5.75 Å². The molecule has 1 N–H and O–H groups in total. The average molecular weight is 411 g/mol. The van der Waals surface area contributed by atoms with Crippen LogP contribution in [-0.4, -0.2) is 35.5 Å². The van der Waals surface area contributed by atoms with Crippen LogP contribution in [0.2, 0.25) is 0 Å². The van der Waals surface area contributed by atoms with Crippen molar-refractivity contribution in [3.63, 3.8) is 0 Å². The minimum absolute atomic E-state index is 0.449. The number of unbranched alkanes of at least 4 members (excludes halogenated alkanes) is 1. The van der Waals surface area contributed by atoms with Crippen LogP contribution < -0.4 is 9.64 Å². The van der Waals surface area contributed by atoms with E-state index in [0.717, 1.165) is 47.9 Å². The lowest BCUT2D eigenvalue weighted by molar-refractivity contribution is 0.414. The number of nitrogens with zero attached hydrogens (tertiary/aromatic N) is 3. The van der Waals surface area contributed by atoms with Crippen molar-refractivity contribution in [2.75, 3.05) is 25.6 Å². The number of H-pyrrole nitrogens is 1. The van der Waals surface area contributed by atoms with E-state index in [2.05, 4.69) is 73.2 Å². The smallest absolute Gasteiger partial charge is 0.200 e. The van der Waals surface area contributed by atoms with E-state index < -0.39 is 0 Å². The van der Waals surface area contributed by atoms with E-state index in [-0.39, 0.29) is 0 Å². The standard InChI is InChI=1S/C23H30N4OS/c1-6-7-13-26(4)20-15-19(11-12-21(20)28-5)27-22(24-25-23(27)29)18-10-8-9-17(14-18)16(2)3/h8-12,14-16H,6-7,13H2,1-5H3,(H,25,29). The molecule has 2 aromatic carbocycles. The minimum atomic E-state index is 0.449. The first-order valence-corrected chi connectivity index (χ1v) is 10.5. The van der Waals surface area contributed by atoms with Crippen LogP contribution in [0.15, 0.2) is 42.5 Å². The normalized spacial score (nSPS) is 11.1. The first-order chi connectivity index (χ1) is 14.0. The molecule has 1 heterocycles. The predicted octanol–water partition coefficient (Wildman–Crippen LogP) is 5.97. The molecule has 3 aromatic rings. The molecule has 0 atom stereocenters. The van der Waals surface area contributed by atoms with Gasteiger partial charge in [-0.3, -0.25) is 9.67 Å². The van der Waals surface area contributed by atoms with Crippen LogP contribution in [0.4, 0.5) is 5.69 Å². The van der Waals surface area contributed by atoms with Crippen molar-refractivity contribution in [1.29, 1.82) is 0 Å². The summed E-state index contributed by atoms with van der Waals surface area (Å²) in [5, 5.41) is 7.50. The van der Waals surface area contributed by atoms with Crippen LogP contribution in [0, 0.1) is 4.77 Å². The summed E-state index contributed by atoms with van der Waals surface area (Å²) in [6.45, 7) is 7.55. The fourth-order valence-corrected chi connectivity index (χ4v) is 3.64. The van der Waals surface area contributed by atoms with Gasteiger partial charge in [0.25, 0.3) is 0 Å². The Morgan fingerprint density at radius 1 is 1.21 bits per heavy atom. The number of anilines is 1. The number of hydrogen-bond donors (Lipinski definition) is 1. The van der Waals surface area contributed by atoms with E-state index >= 15 is 0 Å². The highest BCUT2D eigenvalue weighted by atomic mass is 32.1. The lowest BCUT2D eigenvalue weighted by Gasteiger charge is -2.22. The lowest BCUT2D eigenvalue weighted by atomic mass is 10.0. The van der Waals surface area contributed by atoms with Gasteiger partial charge in [0, 0.05) is 19.2 Å². The molecule has 0 unspecified atom stereocenters. The van der Waals surface area contributed by atoms with E-state index in [1.165, 1.54) is 5.56 Å². The fraction of sp³-hybridized carbons (Fsp3) is 0.391. The Balaban J connectivity index is 2.09. The van der Waals surface area contributed by atoms with Crippen LogP contribution in [-0.2, 0) is 0 Å². The van der Waals surface area contributed by atoms with Gasteiger partial charge in [-0.05, 0) is 54.4 Å². The molecule has 5 nitrogen and oxygen atoms in total. The second kappa shape index (κ2) is 9.27. The zero-order chi connectivity index (χ0) is 21.0. The number of methoxy groups -OCH3 is 1. The molecule has 0 aliphatic rings. The van der Waals surface area contributed by atoms with Gasteiger partial charge >= 0.3 is 0 Å². The number of rotatable bonds is 8. The van der Waals surface area contributed by atoms with Gasteiger partial charge in [-0.1, -0.05) is 45.4 Å². The van der Waals surface area contributed by atoms with Gasteiger partial charge in [-0.25, -0.2) is 0 Å². The van der Waals surface area contributed by atoms with E-state index in [9.17, 15) is 0 Å². The van der Waals surface area contributed by atoms with Gasteiger partial charge in [0.2, 0.25) is 0 Å². The second-order valence-electron chi connectivity index (χ2n) is 7.60. The molecular formula is C23H30N4OS. The van der Waals surface area contributed by atoms with Crippen LogP contribution in [0.3, 0.4) is 0 Å². The first kappa shape index (κ1) is 21.1. The van der Waals surface area contributed by atoms with Gasteiger partial charge in [0.15, 0.2) is 10.6 Å². The molecule has 0 aliphatic carbocycles. The van der Waals surface area contributed by atoms with Crippen LogP contribution in [0.1, 0.15) is 45.1 Å². The number of aromatic nitrogens is 3.